The molecule has 4 heteroatoms. The third kappa shape index (κ3) is 3.06. The zero-order valence-electron chi connectivity index (χ0n) is 14.9. The van der Waals surface area contributed by atoms with Crippen molar-refractivity contribution >= 4 is 11.6 Å². The topological polar surface area (TPSA) is 52.6 Å². The summed E-state index contributed by atoms with van der Waals surface area (Å²) in [4.78, 5) is 25.2. The Morgan fingerprint density at radius 3 is 2.46 bits per heavy atom. The second-order valence-corrected chi connectivity index (χ2v) is 7.02. The highest BCUT2D eigenvalue weighted by atomic mass is 16.5. The van der Waals surface area contributed by atoms with Gasteiger partial charge >= 0.3 is 0 Å². The molecule has 1 unspecified atom stereocenters. The Bertz CT molecular complexity index is 837. The maximum atomic E-state index is 12.7. The average Bonchev–Trinajstić information content (AvgIpc) is 3.07. The summed E-state index contributed by atoms with van der Waals surface area (Å²) in [5.74, 6) is 1.08. The Kier molecular flexibility index (Phi) is 4.60. The van der Waals surface area contributed by atoms with Crippen LogP contribution < -0.4 is 4.74 Å². The number of carbonyl (C=O) groups is 2. The van der Waals surface area contributed by atoms with Crippen LogP contribution in [0.3, 0.4) is 0 Å². The van der Waals surface area contributed by atoms with Gasteiger partial charge < -0.3 is 9.47 Å². The van der Waals surface area contributed by atoms with Crippen molar-refractivity contribution in [1.29, 1.82) is 0 Å². The minimum absolute atomic E-state index is 0.0107. The lowest BCUT2D eigenvalue weighted by Gasteiger charge is -2.25. The highest BCUT2D eigenvalue weighted by Crippen LogP contribution is 2.42. The minimum atomic E-state index is 0.0107. The van der Waals surface area contributed by atoms with Gasteiger partial charge in [-0.1, -0.05) is 37.3 Å². The number of ketones is 2. The van der Waals surface area contributed by atoms with Crippen molar-refractivity contribution in [2.24, 2.45) is 5.92 Å². The molecule has 2 aliphatic rings. The largest absolute Gasteiger partial charge is 0.492 e. The van der Waals surface area contributed by atoms with Crippen LogP contribution in [0.15, 0.2) is 42.5 Å². The molecule has 0 bridgehead atoms. The van der Waals surface area contributed by atoms with Crippen LogP contribution in [-0.4, -0.2) is 31.4 Å². The average molecular weight is 350 g/mol. The van der Waals surface area contributed by atoms with Gasteiger partial charge in [0.1, 0.15) is 5.75 Å². The smallest absolute Gasteiger partial charge is 0.166 e. The van der Waals surface area contributed by atoms with Gasteiger partial charge in [-0.2, -0.15) is 0 Å². The maximum Gasteiger partial charge on any atom is 0.166 e. The van der Waals surface area contributed by atoms with Crippen molar-refractivity contribution < 1.29 is 19.1 Å². The second-order valence-electron chi connectivity index (χ2n) is 7.02. The summed E-state index contributed by atoms with van der Waals surface area (Å²) in [5.41, 5.74) is 3.23. The van der Waals surface area contributed by atoms with E-state index in [1.54, 1.807) is 6.07 Å². The van der Waals surface area contributed by atoms with Crippen LogP contribution in [0.1, 0.15) is 57.5 Å². The van der Waals surface area contributed by atoms with E-state index < -0.39 is 0 Å². The van der Waals surface area contributed by atoms with Gasteiger partial charge in [-0.3, -0.25) is 9.59 Å². The number of benzene rings is 2. The fourth-order valence-corrected chi connectivity index (χ4v) is 3.63. The Balaban J connectivity index is 1.75. The first-order chi connectivity index (χ1) is 12.7. The summed E-state index contributed by atoms with van der Waals surface area (Å²) in [6, 6.07) is 13.7. The molecule has 4 rings (SSSR count). The van der Waals surface area contributed by atoms with Gasteiger partial charge in [-0.25, -0.2) is 0 Å². The van der Waals surface area contributed by atoms with Crippen molar-refractivity contribution in [1.82, 2.24) is 0 Å². The van der Waals surface area contributed by atoms with Gasteiger partial charge in [0.2, 0.25) is 0 Å². The standard InChI is InChI=1S/C22H22O4/c1-2-20(23)18-10-16(21(24)8-14-11-25-12-14)9-17-19(13-26-22(17)18)15-6-4-3-5-7-15/h3-7,9-10,14,19H,2,8,11-13H2,1H3. The van der Waals surface area contributed by atoms with E-state index in [4.69, 9.17) is 9.47 Å². The molecule has 0 N–H and O–H groups in total. The third-order valence-electron chi connectivity index (χ3n) is 5.21. The lowest BCUT2D eigenvalue weighted by Crippen LogP contribution is -2.29. The molecule has 2 heterocycles. The molecular weight excluding hydrogens is 328 g/mol. The van der Waals surface area contributed by atoms with Crippen LogP contribution in [0.2, 0.25) is 0 Å². The van der Waals surface area contributed by atoms with E-state index in [2.05, 4.69) is 12.1 Å². The molecule has 2 aromatic rings. The number of rotatable bonds is 6. The molecule has 0 saturated carbocycles. The maximum absolute atomic E-state index is 12.7. The predicted molar refractivity (Wildman–Crippen MR) is 98.1 cm³/mol. The van der Waals surface area contributed by atoms with Crippen molar-refractivity contribution in [2.75, 3.05) is 19.8 Å². The monoisotopic (exact) mass is 350 g/mol. The Labute approximate surface area is 153 Å². The number of ether oxygens (including phenoxy) is 2. The summed E-state index contributed by atoms with van der Waals surface area (Å²) < 4.78 is 11.1. The Hall–Kier alpha value is -2.46. The normalized spacial score (nSPS) is 18.7. The van der Waals surface area contributed by atoms with Gasteiger partial charge in [0.05, 0.1) is 25.4 Å². The van der Waals surface area contributed by atoms with Crippen LogP contribution in [0, 0.1) is 5.92 Å². The molecule has 134 valence electrons. The number of hydrogen-bond acceptors (Lipinski definition) is 4. The van der Waals surface area contributed by atoms with Crippen LogP contribution in [0.5, 0.6) is 5.75 Å². The predicted octanol–water partition coefficient (Wildman–Crippen LogP) is 4.02. The van der Waals surface area contributed by atoms with Crippen molar-refractivity contribution in [3.8, 4) is 5.75 Å². The molecule has 1 fully saturated rings. The van der Waals surface area contributed by atoms with E-state index in [0.717, 1.165) is 11.1 Å². The zero-order valence-corrected chi connectivity index (χ0v) is 14.9. The number of Topliss-reactive ketones (excluding diaryl/α,β-unsaturated/α-hetero) is 2. The molecule has 0 radical (unpaired) electrons. The Morgan fingerprint density at radius 1 is 1.04 bits per heavy atom. The van der Waals surface area contributed by atoms with Gasteiger partial charge in [-0.15, -0.1) is 0 Å². The van der Waals surface area contributed by atoms with E-state index in [1.165, 1.54) is 0 Å². The highest BCUT2D eigenvalue weighted by Gasteiger charge is 2.32. The summed E-state index contributed by atoms with van der Waals surface area (Å²) in [7, 11) is 0. The molecule has 26 heavy (non-hydrogen) atoms. The molecular formula is C22H22O4. The second kappa shape index (κ2) is 7.04. The highest BCUT2D eigenvalue weighted by molar-refractivity contribution is 6.04. The summed E-state index contributed by atoms with van der Waals surface area (Å²) >= 11 is 0. The van der Waals surface area contributed by atoms with Crippen molar-refractivity contribution in [3.05, 3.63) is 64.7 Å². The lowest BCUT2D eigenvalue weighted by molar-refractivity contribution is -0.0321. The van der Waals surface area contributed by atoms with Crippen LogP contribution in [0.4, 0.5) is 0 Å². The zero-order chi connectivity index (χ0) is 18.1. The number of carbonyl (C=O) groups excluding carboxylic acids is 2. The van der Waals surface area contributed by atoms with Gasteiger partial charge in [0.25, 0.3) is 0 Å². The van der Waals surface area contributed by atoms with Crippen molar-refractivity contribution in [2.45, 2.75) is 25.7 Å². The first kappa shape index (κ1) is 17.0. The number of hydrogen-bond donors (Lipinski definition) is 0. The van der Waals surface area contributed by atoms with Gasteiger partial charge in [-0.05, 0) is 17.7 Å². The molecule has 0 spiro atoms. The fraction of sp³-hybridized carbons (Fsp3) is 0.364. The van der Waals surface area contributed by atoms with Crippen LogP contribution >= 0.6 is 0 Å². The minimum Gasteiger partial charge on any atom is -0.492 e. The van der Waals surface area contributed by atoms with Crippen LogP contribution in [0.25, 0.3) is 0 Å². The summed E-state index contributed by atoms with van der Waals surface area (Å²) in [5, 5.41) is 0. The van der Waals surface area contributed by atoms with Gasteiger partial charge in [0.15, 0.2) is 11.6 Å². The third-order valence-corrected chi connectivity index (χ3v) is 5.21. The van der Waals surface area contributed by atoms with E-state index in [1.807, 2.05) is 31.2 Å². The Morgan fingerprint density at radius 2 is 1.81 bits per heavy atom. The van der Waals surface area contributed by atoms with E-state index in [-0.39, 0.29) is 17.5 Å². The quantitative estimate of drug-likeness (QED) is 0.738. The van der Waals surface area contributed by atoms with E-state index in [0.29, 0.717) is 55.5 Å². The molecule has 2 aromatic carbocycles. The fourth-order valence-electron chi connectivity index (χ4n) is 3.63. The molecule has 1 saturated heterocycles. The summed E-state index contributed by atoms with van der Waals surface area (Å²) in [6.45, 7) is 3.62. The molecule has 2 aliphatic heterocycles. The van der Waals surface area contributed by atoms with E-state index in [9.17, 15) is 9.59 Å². The van der Waals surface area contributed by atoms with Crippen LogP contribution in [-0.2, 0) is 4.74 Å². The van der Waals surface area contributed by atoms with E-state index >= 15 is 0 Å². The molecule has 0 aliphatic carbocycles. The summed E-state index contributed by atoms with van der Waals surface area (Å²) in [6.07, 6.45) is 0.856. The molecule has 4 nitrogen and oxygen atoms in total. The van der Waals surface area contributed by atoms with Gasteiger partial charge in [0, 0.05) is 35.8 Å². The van der Waals surface area contributed by atoms with Crippen molar-refractivity contribution in [3.63, 3.8) is 0 Å². The SMILES string of the molecule is CCC(=O)c1cc(C(=O)CC2COC2)cc2c1OCC2c1ccccc1. The first-order valence-corrected chi connectivity index (χ1v) is 9.17. The molecule has 1 atom stereocenters. The molecule has 0 aromatic heterocycles. The number of fused-ring (bicyclic) bond motifs is 1. The first-order valence-electron chi connectivity index (χ1n) is 9.17. The molecule has 0 amide bonds. The lowest BCUT2D eigenvalue weighted by atomic mass is 9.87.